The molecule has 0 bridgehead atoms. The Hall–Kier alpha value is -0.740. The molecule has 5 heteroatoms. The van der Waals surface area contributed by atoms with Gasteiger partial charge in [-0.15, -0.1) is 0 Å². The number of aliphatic hydroxyl groups excluding tert-OH is 1. The SMILES string of the molecule is CCCOc1ccc(C(O)c2c(Cl)cccc2Cl)cc1Br. The molecule has 2 rings (SSSR count). The third-order valence-electron chi connectivity index (χ3n) is 3.01. The van der Waals surface area contributed by atoms with Crippen molar-refractivity contribution in [2.24, 2.45) is 0 Å². The summed E-state index contributed by atoms with van der Waals surface area (Å²) < 4.78 is 6.38. The van der Waals surface area contributed by atoms with Gasteiger partial charge in [-0.2, -0.15) is 0 Å². The highest BCUT2D eigenvalue weighted by Gasteiger charge is 2.18. The van der Waals surface area contributed by atoms with Gasteiger partial charge in [0, 0.05) is 15.6 Å². The molecular formula is C16H15BrCl2O2. The molecule has 1 atom stereocenters. The van der Waals surface area contributed by atoms with Crippen molar-refractivity contribution >= 4 is 39.1 Å². The Morgan fingerprint density at radius 3 is 2.43 bits per heavy atom. The number of hydrogen-bond acceptors (Lipinski definition) is 2. The Bertz CT molecular complexity index is 611. The summed E-state index contributed by atoms with van der Waals surface area (Å²) in [5, 5.41) is 11.4. The van der Waals surface area contributed by atoms with Gasteiger partial charge < -0.3 is 9.84 Å². The zero-order valence-electron chi connectivity index (χ0n) is 11.4. The van der Waals surface area contributed by atoms with Crippen molar-refractivity contribution in [1.29, 1.82) is 0 Å². The molecular weight excluding hydrogens is 375 g/mol. The van der Waals surface area contributed by atoms with Crippen LogP contribution >= 0.6 is 39.1 Å². The van der Waals surface area contributed by atoms with E-state index in [0.29, 0.717) is 27.8 Å². The van der Waals surface area contributed by atoms with E-state index in [4.69, 9.17) is 27.9 Å². The van der Waals surface area contributed by atoms with Gasteiger partial charge in [-0.05, 0) is 52.2 Å². The highest BCUT2D eigenvalue weighted by atomic mass is 79.9. The maximum absolute atomic E-state index is 10.5. The second kappa shape index (κ2) is 7.50. The lowest BCUT2D eigenvalue weighted by atomic mass is 10.0. The normalized spacial score (nSPS) is 12.2. The minimum atomic E-state index is -0.886. The topological polar surface area (TPSA) is 29.5 Å². The molecule has 0 aliphatic rings. The van der Waals surface area contributed by atoms with Gasteiger partial charge in [-0.3, -0.25) is 0 Å². The molecule has 0 heterocycles. The third kappa shape index (κ3) is 3.92. The van der Waals surface area contributed by atoms with E-state index in [1.54, 1.807) is 24.3 Å². The summed E-state index contributed by atoms with van der Waals surface area (Å²) in [7, 11) is 0. The molecule has 112 valence electrons. The van der Waals surface area contributed by atoms with Crippen molar-refractivity contribution < 1.29 is 9.84 Å². The van der Waals surface area contributed by atoms with Crippen LogP contribution in [0.3, 0.4) is 0 Å². The molecule has 2 nitrogen and oxygen atoms in total. The fourth-order valence-corrected chi connectivity index (χ4v) is 3.07. The third-order valence-corrected chi connectivity index (χ3v) is 4.29. The van der Waals surface area contributed by atoms with Crippen LogP contribution < -0.4 is 4.74 Å². The Morgan fingerprint density at radius 1 is 1.19 bits per heavy atom. The number of benzene rings is 2. The van der Waals surface area contributed by atoms with Crippen molar-refractivity contribution in [3.05, 3.63) is 62.0 Å². The molecule has 0 saturated heterocycles. The van der Waals surface area contributed by atoms with E-state index in [1.807, 2.05) is 19.1 Å². The molecule has 0 saturated carbocycles. The van der Waals surface area contributed by atoms with Gasteiger partial charge in [0.1, 0.15) is 11.9 Å². The van der Waals surface area contributed by atoms with Gasteiger partial charge in [-0.25, -0.2) is 0 Å². The van der Waals surface area contributed by atoms with Crippen LogP contribution in [0, 0.1) is 0 Å². The number of hydrogen-bond donors (Lipinski definition) is 1. The molecule has 2 aromatic rings. The van der Waals surface area contributed by atoms with Crippen LogP contribution in [0.1, 0.15) is 30.6 Å². The first-order valence-corrected chi connectivity index (χ1v) is 8.13. The molecule has 0 amide bonds. The molecule has 0 aliphatic carbocycles. The molecule has 2 aromatic carbocycles. The predicted octanol–water partition coefficient (Wildman–Crippen LogP) is 5.63. The minimum Gasteiger partial charge on any atom is -0.492 e. The average Bonchev–Trinajstić information content (AvgIpc) is 2.45. The van der Waals surface area contributed by atoms with E-state index in [1.165, 1.54) is 0 Å². The number of ether oxygens (including phenoxy) is 1. The average molecular weight is 390 g/mol. The number of halogens is 3. The molecule has 0 aromatic heterocycles. The number of rotatable bonds is 5. The Balaban J connectivity index is 2.32. The van der Waals surface area contributed by atoms with E-state index in [0.717, 1.165) is 16.6 Å². The summed E-state index contributed by atoms with van der Waals surface area (Å²) in [5.74, 6) is 0.748. The largest absolute Gasteiger partial charge is 0.492 e. The lowest BCUT2D eigenvalue weighted by molar-refractivity contribution is 0.220. The first-order chi connectivity index (χ1) is 10.0. The lowest BCUT2D eigenvalue weighted by Crippen LogP contribution is -2.03. The number of aliphatic hydroxyl groups is 1. The minimum absolute atomic E-state index is 0.442. The van der Waals surface area contributed by atoms with Crippen molar-refractivity contribution in [3.63, 3.8) is 0 Å². The fourth-order valence-electron chi connectivity index (χ4n) is 1.95. The highest BCUT2D eigenvalue weighted by Crippen LogP contribution is 2.36. The Kier molecular flexibility index (Phi) is 5.94. The predicted molar refractivity (Wildman–Crippen MR) is 90.5 cm³/mol. The van der Waals surface area contributed by atoms with Crippen molar-refractivity contribution in [2.45, 2.75) is 19.4 Å². The first-order valence-electron chi connectivity index (χ1n) is 6.58. The fraction of sp³-hybridized carbons (Fsp3) is 0.250. The standard InChI is InChI=1S/C16H15BrCl2O2/c1-2-8-21-14-7-6-10(9-11(14)17)16(20)15-12(18)4-3-5-13(15)19/h3-7,9,16,20H,2,8H2,1H3. The molecule has 0 aliphatic heterocycles. The van der Waals surface area contributed by atoms with Gasteiger partial charge >= 0.3 is 0 Å². The van der Waals surface area contributed by atoms with Gasteiger partial charge in [0.2, 0.25) is 0 Å². The Labute approximate surface area is 142 Å². The van der Waals surface area contributed by atoms with Crippen LogP contribution in [0.4, 0.5) is 0 Å². The summed E-state index contributed by atoms with van der Waals surface area (Å²) >= 11 is 15.7. The van der Waals surface area contributed by atoms with Crippen LogP contribution in [0.2, 0.25) is 10.0 Å². The smallest absolute Gasteiger partial charge is 0.133 e. The van der Waals surface area contributed by atoms with E-state index >= 15 is 0 Å². The lowest BCUT2D eigenvalue weighted by Gasteiger charge is -2.16. The summed E-state index contributed by atoms with van der Waals surface area (Å²) in [5.41, 5.74) is 1.20. The van der Waals surface area contributed by atoms with Crippen LogP contribution in [0.5, 0.6) is 5.75 Å². The van der Waals surface area contributed by atoms with Gasteiger partial charge in [0.15, 0.2) is 0 Å². The zero-order valence-corrected chi connectivity index (χ0v) is 14.5. The van der Waals surface area contributed by atoms with Crippen molar-refractivity contribution in [2.75, 3.05) is 6.61 Å². The monoisotopic (exact) mass is 388 g/mol. The quantitative estimate of drug-likeness (QED) is 0.718. The summed E-state index contributed by atoms with van der Waals surface area (Å²) in [6.45, 7) is 2.70. The second-order valence-electron chi connectivity index (χ2n) is 4.58. The van der Waals surface area contributed by atoms with Crippen LogP contribution in [-0.2, 0) is 0 Å². The van der Waals surface area contributed by atoms with E-state index < -0.39 is 6.10 Å². The van der Waals surface area contributed by atoms with Crippen molar-refractivity contribution in [3.8, 4) is 5.75 Å². The highest BCUT2D eigenvalue weighted by molar-refractivity contribution is 9.10. The van der Waals surface area contributed by atoms with E-state index in [2.05, 4.69) is 15.9 Å². The van der Waals surface area contributed by atoms with E-state index in [-0.39, 0.29) is 0 Å². The summed E-state index contributed by atoms with van der Waals surface area (Å²) in [6.07, 6.45) is 0.0502. The maximum atomic E-state index is 10.5. The first kappa shape index (κ1) is 16.6. The Morgan fingerprint density at radius 2 is 1.86 bits per heavy atom. The van der Waals surface area contributed by atoms with Gasteiger partial charge in [0.05, 0.1) is 11.1 Å². The molecule has 0 radical (unpaired) electrons. The van der Waals surface area contributed by atoms with E-state index in [9.17, 15) is 5.11 Å². The van der Waals surface area contributed by atoms with Crippen LogP contribution in [-0.4, -0.2) is 11.7 Å². The van der Waals surface area contributed by atoms with Crippen LogP contribution in [0.25, 0.3) is 0 Å². The summed E-state index contributed by atoms with van der Waals surface area (Å²) in [4.78, 5) is 0. The van der Waals surface area contributed by atoms with Gasteiger partial charge in [0.25, 0.3) is 0 Å². The van der Waals surface area contributed by atoms with Crippen molar-refractivity contribution in [1.82, 2.24) is 0 Å². The second-order valence-corrected chi connectivity index (χ2v) is 6.24. The zero-order chi connectivity index (χ0) is 15.4. The molecule has 21 heavy (non-hydrogen) atoms. The van der Waals surface area contributed by atoms with Crippen LogP contribution in [0.15, 0.2) is 40.9 Å². The maximum Gasteiger partial charge on any atom is 0.133 e. The summed E-state index contributed by atoms with van der Waals surface area (Å²) in [6, 6.07) is 10.6. The molecule has 0 spiro atoms. The van der Waals surface area contributed by atoms with Gasteiger partial charge in [-0.1, -0.05) is 42.3 Å². The molecule has 1 N–H and O–H groups in total. The molecule has 1 unspecified atom stereocenters. The molecule has 0 fully saturated rings.